The van der Waals surface area contributed by atoms with E-state index in [0.717, 1.165) is 18.2 Å². The van der Waals surface area contributed by atoms with Gasteiger partial charge >= 0.3 is 0 Å². The molecule has 2 aromatic carbocycles. The van der Waals surface area contributed by atoms with Crippen LogP contribution < -0.4 is 15.0 Å². The summed E-state index contributed by atoms with van der Waals surface area (Å²) in [6.07, 6.45) is 1.50. The molecular formula is C23H24N2O6S. The Morgan fingerprint density at radius 3 is 2.47 bits per heavy atom. The Morgan fingerprint density at radius 2 is 1.75 bits per heavy atom. The summed E-state index contributed by atoms with van der Waals surface area (Å²) in [4.78, 5) is 15.9. The van der Waals surface area contributed by atoms with Gasteiger partial charge in [-0.3, -0.25) is 4.79 Å². The van der Waals surface area contributed by atoms with Crippen molar-refractivity contribution in [2.45, 2.75) is 30.4 Å². The van der Waals surface area contributed by atoms with Crippen molar-refractivity contribution in [3.8, 4) is 11.5 Å². The van der Waals surface area contributed by atoms with Crippen molar-refractivity contribution in [1.82, 2.24) is 9.29 Å². The summed E-state index contributed by atoms with van der Waals surface area (Å²) in [5, 5.41) is 0.748. The van der Waals surface area contributed by atoms with E-state index in [1.54, 1.807) is 48.5 Å². The summed E-state index contributed by atoms with van der Waals surface area (Å²) in [5.41, 5.74) is 0.626. The molecule has 0 aliphatic carbocycles. The van der Waals surface area contributed by atoms with Crippen LogP contribution >= 0.6 is 0 Å². The van der Waals surface area contributed by atoms with E-state index < -0.39 is 10.0 Å². The predicted molar refractivity (Wildman–Crippen MR) is 119 cm³/mol. The molecule has 3 heterocycles. The van der Waals surface area contributed by atoms with Gasteiger partial charge in [0.05, 0.1) is 16.5 Å². The van der Waals surface area contributed by atoms with E-state index in [9.17, 15) is 13.2 Å². The first-order valence-corrected chi connectivity index (χ1v) is 12.1. The molecule has 1 atom stereocenters. The lowest BCUT2D eigenvalue weighted by Crippen LogP contribution is -2.38. The SMILES string of the molecule is O=c1[nH]c2cc3c(cc2cc1CN(C[C@@H]1CCCO1)S(=O)(=O)c1ccccc1)OCCO3. The lowest BCUT2D eigenvalue weighted by atomic mass is 10.1. The van der Waals surface area contributed by atoms with Crippen LogP contribution in [0.3, 0.4) is 0 Å². The second-order valence-electron chi connectivity index (χ2n) is 7.95. The summed E-state index contributed by atoms with van der Waals surface area (Å²) < 4.78 is 45.1. The highest BCUT2D eigenvalue weighted by atomic mass is 32.2. The smallest absolute Gasteiger partial charge is 0.252 e. The van der Waals surface area contributed by atoms with E-state index in [0.29, 0.717) is 42.4 Å². The zero-order valence-electron chi connectivity index (χ0n) is 17.5. The molecule has 0 unspecified atom stereocenters. The van der Waals surface area contributed by atoms with Crippen molar-refractivity contribution in [2.75, 3.05) is 26.4 Å². The molecule has 0 spiro atoms. The van der Waals surface area contributed by atoms with Gasteiger partial charge in [-0.2, -0.15) is 4.31 Å². The predicted octanol–water partition coefficient (Wildman–Crippen LogP) is 2.67. The highest BCUT2D eigenvalue weighted by Crippen LogP contribution is 2.34. The number of nitrogens with one attached hydrogen (secondary N) is 1. The number of fused-ring (bicyclic) bond motifs is 2. The molecule has 0 amide bonds. The Bertz CT molecular complexity index is 1280. The van der Waals surface area contributed by atoms with Gasteiger partial charge in [-0.05, 0) is 37.1 Å². The number of hydrogen-bond acceptors (Lipinski definition) is 6. The van der Waals surface area contributed by atoms with Gasteiger partial charge < -0.3 is 19.2 Å². The Labute approximate surface area is 185 Å². The van der Waals surface area contributed by atoms with Gasteiger partial charge in [-0.15, -0.1) is 0 Å². The van der Waals surface area contributed by atoms with Crippen molar-refractivity contribution >= 4 is 20.9 Å². The molecule has 9 heteroatoms. The normalized spacial score (nSPS) is 18.3. The van der Waals surface area contributed by atoms with Gasteiger partial charge in [0.1, 0.15) is 13.2 Å². The van der Waals surface area contributed by atoms with Crippen LogP contribution in [-0.4, -0.2) is 50.2 Å². The van der Waals surface area contributed by atoms with Crippen LogP contribution in [0.4, 0.5) is 0 Å². The Kier molecular flexibility index (Phi) is 5.62. The zero-order chi connectivity index (χ0) is 22.1. The van der Waals surface area contributed by atoms with E-state index in [2.05, 4.69) is 4.98 Å². The van der Waals surface area contributed by atoms with Crippen LogP contribution in [0.2, 0.25) is 0 Å². The minimum Gasteiger partial charge on any atom is -0.486 e. The van der Waals surface area contributed by atoms with Crippen LogP contribution in [0, 0.1) is 0 Å². The van der Waals surface area contributed by atoms with Crippen molar-refractivity contribution < 1.29 is 22.6 Å². The Morgan fingerprint density at radius 1 is 1.00 bits per heavy atom. The number of rotatable bonds is 6. The summed E-state index contributed by atoms with van der Waals surface area (Å²) in [6.45, 7) is 1.66. The number of aromatic nitrogens is 1. The summed E-state index contributed by atoms with van der Waals surface area (Å²) in [7, 11) is -3.82. The van der Waals surface area contributed by atoms with Gasteiger partial charge in [-0.25, -0.2) is 8.42 Å². The minimum atomic E-state index is -3.82. The number of benzene rings is 2. The average molecular weight is 457 g/mol. The molecular weight excluding hydrogens is 432 g/mol. The third-order valence-electron chi connectivity index (χ3n) is 5.74. The third kappa shape index (κ3) is 4.11. The van der Waals surface area contributed by atoms with E-state index in [-0.39, 0.29) is 29.6 Å². The molecule has 5 rings (SSSR count). The van der Waals surface area contributed by atoms with Crippen LogP contribution in [0.1, 0.15) is 18.4 Å². The van der Waals surface area contributed by atoms with Gasteiger partial charge in [-0.1, -0.05) is 18.2 Å². The number of ether oxygens (including phenoxy) is 3. The molecule has 1 N–H and O–H groups in total. The van der Waals surface area contributed by atoms with Gasteiger partial charge in [0, 0.05) is 36.7 Å². The molecule has 0 bridgehead atoms. The maximum Gasteiger partial charge on any atom is 0.252 e. The van der Waals surface area contributed by atoms with E-state index >= 15 is 0 Å². The first-order chi connectivity index (χ1) is 15.5. The van der Waals surface area contributed by atoms with E-state index in [1.165, 1.54) is 4.31 Å². The summed E-state index contributed by atoms with van der Waals surface area (Å²) in [6, 6.07) is 13.5. The molecule has 168 valence electrons. The average Bonchev–Trinajstić information content (AvgIpc) is 3.31. The molecule has 0 saturated carbocycles. The molecule has 32 heavy (non-hydrogen) atoms. The zero-order valence-corrected chi connectivity index (χ0v) is 18.3. The van der Waals surface area contributed by atoms with Crippen LogP contribution in [0.5, 0.6) is 11.5 Å². The molecule has 1 saturated heterocycles. The number of sulfonamides is 1. The molecule has 1 fully saturated rings. The Balaban J connectivity index is 1.52. The first kappa shape index (κ1) is 21.0. The van der Waals surface area contributed by atoms with Crippen molar-refractivity contribution in [3.05, 3.63) is 64.4 Å². The fourth-order valence-electron chi connectivity index (χ4n) is 4.10. The second kappa shape index (κ2) is 8.57. The molecule has 8 nitrogen and oxygen atoms in total. The first-order valence-electron chi connectivity index (χ1n) is 10.6. The lowest BCUT2D eigenvalue weighted by Gasteiger charge is -2.25. The van der Waals surface area contributed by atoms with Crippen molar-refractivity contribution in [2.24, 2.45) is 0 Å². The molecule has 2 aliphatic rings. The lowest BCUT2D eigenvalue weighted by molar-refractivity contribution is 0.0925. The fraction of sp³-hybridized carbons (Fsp3) is 0.348. The number of H-pyrrole nitrogens is 1. The van der Waals surface area contributed by atoms with Gasteiger partial charge in [0.25, 0.3) is 5.56 Å². The number of aromatic amines is 1. The van der Waals surface area contributed by atoms with E-state index in [4.69, 9.17) is 14.2 Å². The standard InChI is InChI=1S/C23H24N2O6S/c26-23-17(11-16-12-21-22(13-20(16)24-23)31-10-9-30-21)14-25(15-18-5-4-8-29-18)32(27,28)19-6-2-1-3-7-19/h1-3,6-7,11-13,18H,4-5,8-10,14-15H2,(H,24,26)/t18-/m0/s1. The number of pyridine rings is 1. The highest BCUT2D eigenvalue weighted by Gasteiger charge is 2.30. The maximum atomic E-state index is 13.4. The second-order valence-corrected chi connectivity index (χ2v) is 9.89. The van der Waals surface area contributed by atoms with Crippen LogP contribution in [0.25, 0.3) is 10.9 Å². The molecule has 0 radical (unpaired) electrons. The van der Waals surface area contributed by atoms with Crippen LogP contribution in [-0.2, 0) is 21.3 Å². The topological polar surface area (TPSA) is 97.9 Å². The largest absolute Gasteiger partial charge is 0.486 e. The van der Waals surface area contributed by atoms with Gasteiger partial charge in [0.2, 0.25) is 10.0 Å². The number of hydrogen-bond donors (Lipinski definition) is 1. The number of nitrogens with zero attached hydrogens (tertiary/aromatic N) is 1. The molecule has 2 aliphatic heterocycles. The maximum absolute atomic E-state index is 13.4. The molecule has 3 aromatic rings. The fourth-order valence-corrected chi connectivity index (χ4v) is 5.57. The van der Waals surface area contributed by atoms with Crippen LogP contribution in [0.15, 0.2) is 58.2 Å². The van der Waals surface area contributed by atoms with E-state index in [1.807, 2.05) is 0 Å². The molecule has 1 aromatic heterocycles. The minimum absolute atomic E-state index is 0.0587. The highest BCUT2D eigenvalue weighted by molar-refractivity contribution is 7.89. The third-order valence-corrected chi connectivity index (χ3v) is 7.57. The summed E-state index contributed by atoms with van der Waals surface area (Å²) in [5.74, 6) is 1.19. The van der Waals surface area contributed by atoms with Crippen molar-refractivity contribution in [1.29, 1.82) is 0 Å². The summed E-state index contributed by atoms with van der Waals surface area (Å²) >= 11 is 0. The Hall–Kier alpha value is -2.88. The van der Waals surface area contributed by atoms with Crippen molar-refractivity contribution in [3.63, 3.8) is 0 Å². The quantitative estimate of drug-likeness (QED) is 0.613. The van der Waals surface area contributed by atoms with Gasteiger partial charge in [0.15, 0.2) is 11.5 Å². The monoisotopic (exact) mass is 456 g/mol.